The minimum absolute atomic E-state index is 0.0222. The van der Waals surface area contributed by atoms with Crippen molar-refractivity contribution in [3.05, 3.63) is 69.9 Å². The second-order valence-electron chi connectivity index (χ2n) is 6.43. The Morgan fingerprint density at radius 3 is 2.79 bits per heavy atom. The van der Waals surface area contributed by atoms with E-state index in [4.69, 9.17) is 11.5 Å². The van der Waals surface area contributed by atoms with Crippen molar-refractivity contribution in [3.8, 4) is 0 Å². The molecule has 28 heavy (non-hydrogen) atoms. The van der Waals surface area contributed by atoms with Gasteiger partial charge in [-0.05, 0) is 30.7 Å². The molecule has 8 heteroatoms. The normalized spacial score (nSPS) is 11.2. The number of carbonyl (C=O) groups excluding carboxylic acids is 1. The summed E-state index contributed by atoms with van der Waals surface area (Å²) in [6.45, 7) is 2.28. The molecule has 3 heterocycles. The lowest BCUT2D eigenvalue weighted by molar-refractivity contribution is 0.1000. The standard InChI is InChI=1S/C20H18N6O2/c1-2-26-18(21)16(19(22)28)17(27)13-10-24-15(25-20(13)26)9-11-5-6-14-12(8-11)4-3-7-23-14/h3-8,10H,2,9,21H2,1H3,(H2,22,28). The monoisotopic (exact) mass is 374 g/mol. The Kier molecular flexibility index (Phi) is 4.23. The van der Waals surface area contributed by atoms with Gasteiger partial charge in [-0.1, -0.05) is 12.1 Å². The number of fused-ring (bicyclic) bond motifs is 2. The number of aromatic nitrogens is 4. The molecule has 0 aliphatic heterocycles. The largest absolute Gasteiger partial charge is 0.384 e. The van der Waals surface area contributed by atoms with Gasteiger partial charge in [-0.2, -0.15) is 0 Å². The van der Waals surface area contributed by atoms with Crippen LogP contribution in [0.4, 0.5) is 5.82 Å². The molecule has 0 saturated heterocycles. The highest BCUT2D eigenvalue weighted by atomic mass is 16.2. The molecule has 0 bridgehead atoms. The topological polar surface area (TPSA) is 130 Å². The van der Waals surface area contributed by atoms with Gasteiger partial charge in [0.25, 0.3) is 5.91 Å². The van der Waals surface area contributed by atoms with Crippen LogP contribution >= 0.6 is 0 Å². The van der Waals surface area contributed by atoms with E-state index in [0.717, 1.165) is 16.5 Å². The third kappa shape index (κ3) is 2.84. The number of primary amides is 1. The molecule has 0 radical (unpaired) electrons. The number of aryl methyl sites for hydroxylation is 1. The van der Waals surface area contributed by atoms with Crippen LogP contribution in [0, 0.1) is 0 Å². The maximum absolute atomic E-state index is 12.6. The lowest BCUT2D eigenvalue weighted by Gasteiger charge is -2.14. The lowest BCUT2D eigenvalue weighted by atomic mass is 10.1. The van der Waals surface area contributed by atoms with Gasteiger partial charge in [-0.25, -0.2) is 9.97 Å². The number of anilines is 1. The van der Waals surface area contributed by atoms with Crippen molar-refractivity contribution < 1.29 is 4.79 Å². The van der Waals surface area contributed by atoms with E-state index < -0.39 is 11.3 Å². The van der Waals surface area contributed by atoms with E-state index in [0.29, 0.717) is 24.4 Å². The van der Waals surface area contributed by atoms with Crippen molar-refractivity contribution in [2.24, 2.45) is 5.73 Å². The highest BCUT2D eigenvalue weighted by Crippen LogP contribution is 2.19. The summed E-state index contributed by atoms with van der Waals surface area (Å²) in [5.41, 5.74) is 12.9. The highest BCUT2D eigenvalue weighted by molar-refractivity contribution is 6.00. The van der Waals surface area contributed by atoms with Crippen LogP contribution in [0.5, 0.6) is 0 Å². The molecule has 3 aromatic heterocycles. The van der Waals surface area contributed by atoms with Gasteiger partial charge in [0.2, 0.25) is 5.43 Å². The Morgan fingerprint density at radius 2 is 2.04 bits per heavy atom. The van der Waals surface area contributed by atoms with Crippen molar-refractivity contribution >= 4 is 33.7 Å². The molecular weight excluding hydrogens is 356 g/mol. The van der Waals surface area contributed by atoms with Crippen LogP contribution in [0.15, 0.2) is 47.5 Å². The second-order valence-corrected chi connectivity index (χ2v) is 6.43. The molecule has 1 amide bonds. The first-order valence-corrected chi connectivity index (χ1v) is 8.81. The summed E-state index contributed by atoms with van der Waals surface area (Å²) in [6.07, 6.45) is 3.67. The van der Waals surface area contributed by atoms with Crippen molar-refractivity contribution in [1.29, 1.82) is 0 Å². The number of nitrogens with two attached hydrogens (primary N) is 2. The van der Waals surface area contributed by atoms with Crippen LogP contribution in [0.2, 0.25) is 0 Å². The summed E-state index contributed by atoms with van der Waals surface area (Å²) in [6, 6.07) is 9.84. The van der Waals surface area contributed by atoms with E-state index in [1.807, 2.05) is 37.3 Å². The number of hydrogen-bond acceptors (Lipinski definition) is 6. The molecule has 4 rings (SSSR count). The van der Waals surface area contributed by atoms with E-state index in [9.17, 15) is 9.59 Å². The van der Waals surface area contributed by atoms with Gasteiger partial charge in [0.05, 0.1) is 10.9 Å². The summed E-state index contributed by atoms with van der Waals surface area (Å²) in [7, 11) is 0. The molecule has 0 fully saturated rings. The van der Waals surface area contributed by atoms with Gasteiger partial charge in [-0.3, -0.25) is 14.6 Å². The second kappa shape index (κ2) is 6.73. The average Bonchev–Trinajstić information content (AvgIpc) is 2.68. The third-order valence-electron chi connectivity index (χ3n) is 4.69. The molecule has 0 spiro atoms. The first-order chi connectivity index (χ1) is 13.5. The first-order valence-electron chi connectivity index (χ1n) is 8.81. The average molecular weight is 374 g/mol. The maximum atomic E-state index is 12.6. The molecule has 0 aliphatic rings. The highest BCUT2D eigenvalue weighted by Gasteiger charge is 2.19. The Balaban J connectivity index is 1.83. The van der Waals surface area contributed by atoms with Crippen LogP contribution in [0.1, 0.15) is 28.7 Å². The van der Waals surface area contributed by atoms with Crippen LogP contribution < -0.4 is 16.9 Å². The van der Waals surface area contributed by atoms with Gasteiger partial charge in [-0.15, -0.1) is 0 Å². The predicted molar refractivity (Wildman–Crippen MR) is 107 cm³/mol. The first kappa shape index (κ1) is 17.6. The summed E-state index contributed by atoms with van der Waals surface area (Å²) in [4.78, 5) is 37.4. The molecular formula is C20H18N6O2. The van der Waals surface area contributed by atoms with E-state index in [2.05, 4.69) is 15.0 Å². The number of nitrogen functional groups attached to an aromatic ring is 1. The fraction of sp³-hybridized carbons (Fsp3) is 0.150. The number of carbonyl (C=O) groups is 1. The lowest BCUT2D eigenvalue weighted by Crippen LogP contribution is -2.28. The van der Waals surface area contributed by atoms with Gasteiger partial charge in [0.15, 0.2) is 0 Å². The third-order valence-corrected chi connectivity index (χ3v) is 4.69. The minimum Gasteiger partial charge on any atom is -0.384 e. The Hall–Kier alpha value is -3.81. The van der Waals surface area contributed by atoms with E-state index >= 15 is 0 Å². The van der Waals surface area contributed by atoms with Crippen LogP contribution in [-0.2, 0) is 13.0 Å². The number of nitrogens with zero attached hydrogens (tertiary/aromatic N) is 4. The zero-order valence-corrected chi connectivity index (χ0v) is 15.2. The van der Waals surface area contributed by atoms with Crippen molar-refractivity contribution in [2.75, 3.05) is 5.73 Å². The summed E-state index contributed by atoms with van der Waals surface area (Å²) >= 11 is 0. The van der Waals surface area contributed by atoms with Crippen LogP contribution in [-0.4, -0.2) is 25.4 Å². The number of pyridine rings is 2. The minimum atomic E-state index is -0.861. The van der Waals surface area contributed by atoms with E-state index in [-0.39, 0.29) is 16.8 Å². The smallest absolute Gasteiger partial charge is 0.256 e. The maximum Gasteiger partial charge on any atom is 0.256 e. The number of amides is 1. The van der Waals surface area contributed by atoms with Crippen molar-refractivity contribution in [1.82, 2.24) is 19.5 Å². The summed E-state index contributed by atoms with van der Waals surface area (Å²) < 4.78 is 1.60. The van der Waals surface area contributed by atoms with Crippen molar-refractivity contribution in [2.45, 2.75) is 19.9 Å². The van der Waals surface area contributed by atoms with Gasteiger partial charge in [0, 0.05) is 30.7 Å². The molecule has 0 atom stereocenters. The van der Waals surface area contributed by atoms with Crippen LogP contribution in [0.25, 0.3) is 21.9 Å². The quantitative estimate of drug-likeness (QED) is 0.558. The molecule has 4 aromatic rings. The molecule has 1 aromatic carbocycles. The molecule has 0 saturated carbocycles. The predicted octanol–water partition coefficient (Wildman–Crippen LogP) is 1.63. The fourth-order valence-electron chi connectivity index (χ4n) is 3.34. The van der Waals surface area contributed by atoms with Gasteiger partial charge in [0.1, 0.15) is 22.9 Å². The zero-order chi connectivity index (χ0) is 19.8. The Bertz CT molecular complexity index is 1300. The summed E-state index contributed by atoms with van der Waals surface area (Å²) in [5, 5.41) is 1.25. The van der Waals surface area contributed by atoms with E-state index in [1.165, 1.54) is 6.20 Å². The fourth-order valence-corrected chi connectivity index (χ4v) is 3.34. The molecule has 140 valence electrons. The van der Waals surface area contributed by atoms with Gasteiger partial charge >= 0.3 is 0 Å². The van der Waals surface area contributed by atoms with E-state index in [1.54, 1.807) is 10.8 Å². The summed E-state index contributed by atoms with van der Waals surface area (Å²) in [5.74, 6) is -0.294. The molecule has 8 nitrogen and oxygen atoms in total. The number of rotatable bonds is 4. The SMILES string of the molecule is CCn1c(N)c(C(N)=O)c(=O)c2cnc(Cc3ccc4ncccc4c3)nc21. The zero-order valence-electron chi connectivity index (χ0n) is 15.2. The molecule has 4 N–H and O–H groups in total. The number of benzene rings is 1. The molecule has 0 aliphatic carbocycles. The Labute approximate surface area is 159 Å². The van der Waals surface area contributed by atoms with Gasteiger partial charge < -0.3 is 16.0 Å². The van der Waals surface area contributed by atoms with Crippen LogP contribution in [0.3, 0.4) is 0 Å². The molecule has 0 unspecified atom stereocenters. The number of hydrogen-bond donors (Lipinski definition) is 2. The van der Waals surface area contributed by atoms with Crippen molar-refractivity contribution in [3.63, 3.8) is 0 Å². The Morgan fingerprint density at radius 1 is 1.21 bits per heavy atom.